The van der Waals surface area contributed by atoms with Gasteiger partial charge in [-0.25, -0.2) is 0 Å². The lowest BCUT2D eigenvalue weighted by atomic mass is 9.93. The molecule has 0 saturated heterocycles. The number of aliphatic hydroxyl groups is 3. The molecule has 0 aliphatic heterocycles. The molecule has 0 spiro atoms. The molecule has 0 fully saturated rings. The molecule has 0 aliphatic carbocycles. The SMILES string of the molecule is CCCN(CCC)C(=O)Cc1cccc(C(=O)NC(C(O)c2ccc(O)cc2)C(O)C(O)CCSC)c1. The van der Waals surface area contributed by atoms with Crippen LogP contribution in [0.25, 0.3) is 0 Å². The summed E-state index contributed by atoms with van der Waals surface area (Å²) in [4.78, 5) is 27.8. The van der Waals surface area contributed by atoms with E-state index in [0.29, 0.717) is 30.0 Å². The third kappa shape index (κ3) is 9.34. The Kier molecular flexibility index (Phi) is 12.9. The van der Waals surface area contributed by atoms with Crippen molar-refractivity contribution in [3.05, 3.63) is 65.2 Å². The van der Waals surface area contributed by atoms with Crippen LogP contribution in [-0.2, 0) is 11.2 Å². The Bertz CT molecular complexity index is 981. The molecule has 2 aromatic rings. The minimum atomic E-state index is -1.44. The van der Waals surface area contributed by atoms with Gasteiger partial charge < -0.3 is 30.6 Å². The third-order valence-corrected chi connectivity index (χ3v) is 6.78. The Morgan fingerprint density at radius 3 is 2.24 bits per heavy atom. The number of carbonyl (C=O) groups excluding carboxylic acids is 2. The van der Waals surface area contributed by atoms with Crippen LogP contribution in [0.4, 0.5) is 0 Å². The van der Waals surface area contributed by atoms with Crippen molar-refractivity contribution in [2.45, 2.75) is 63.9 Å². The Balaban J connectivity index is 2.24. The first-order valence-electron chi connectivity index (χ1n) is 12.7. The van der Waals surface area contributed by atoms with E-state index < -0.39 is 30.3 Å². The van der Waals surface area contributed by atoms with Gasteiger partial charge in [-0.05, 0) is 66.7 Å². The Labute approximate surface area is 223 Å². The predicted octanol–water partition coefficient (Wildman–Crippen LogP) is 2.89. The van der Waals surface area contributed by atoms with E-state index in [1.165, 1.54) is 36.0 Å². The summed E-state index contributed by atoms with van der Waals surface area (Å²) in [6.07, 6.45) is 0.0964. The highest BCUT2D eigenvalue weighted by Crippen LogP contribution is 2.24. The van der Waals surface area contributed by atoms with Crippen molar-refractivity contribution in [1.82, 2.24) is 10.2 Å². The fourth-order valence-corrected chi connectivity index (χ4v) is 4.60. The molecule has 0 radical (unpaired) electrons. The predicted molar refractivity (Wildman–Crippen MR) is 147 cm³/mol. The normalized spacial score (nSPS) is 14.4. The van der Waals surface area contributed by atoms with Crippen LogP contribution in [0, 0.1) is 0 Å². The largest absolute Gasteiger partial charge is 0.508 e. The Morgan fingerprint density at radius 2 is 1.65 bits per heavy atom. The molecular weight excluding hydrogens is 492 g/mol. The summed E-state index contributed by atoms with van der Waals surface area (Å²) in [5.41, 5.74) is 1.33. The zero-order valence-electron chi connectivity index (χ0n) is 21.8. The van der Waals surface area contributed by atoms with Gasteiger partial charge in [0, 0.05) is 18.7 Å². The maximum Gasteiger partial charge on any atom is 0.251 e. The highest BCUT2D eigenvalue weighted by atomic mass is 32.2. The van der Waals surface area contributed by atoms with Crippen LogP contribution in [0.3, 0.4) is 0 Å². The van der Waals surface area contributed by atoms with Gasteiger partial charge in [-0.3, -0.25) is 9.59 Å². The van der Waals surface area contributed by atoms with Gasteiger partial charge >= 0.3 is 0 Å². The molecule has 0 aromatic heterocycles. The molecule has 0 saturated carbocycles. The molecule has 0 aliphatic rings. The molecule has 8 nitrogen and oxygen atoms in total. The molecular formula is C28H40N2O6S. The zero-order chi connectivity index (χ0) is 27.4. The summed E-state index contributed by atoms with van der Waals surface area (Å²) < 4.78 is 0. The molecule has 0 bridgehead atoms. The second kappa shape index (κ2) is 15.6. The van der Waals surface area contributed by atoms with Crippen LogP contribution in [0.2, 0.25) is 0 Å². The van der Waals surface area contributed by atoms with Gasteiger partial charge in [0.2, 0.25) is 5.91 Å². The van der Waals surface area contributed by atoms with E-state index in [9.17, 15) is 30.0 Å². The quantitative estimate of drug-likeness (QED) is 0.238. The number of benzene rings is 2. The topological polar surface area (TPSA) is 130 Å². The molecule has 9 heteroatoms. The van der Waals surface area contributed by atoms with Gasteiger partial charge in [-0.2, -0.15) is 11.8 Å². The Morgan fingerprint density at radius 1 is 1.00 bits per heavy atom. The van der Waals surface area contributed by atoms with Gasteiger partial charge in [0.1, 0.15) is 18.0 Å². The zero-order valence-corrected chi connectivity index (χ0v) is 22.7. The lowest BCUT2D eigenvalue weighted by Crippen LogP contribution is -2.52. The smallest absolute Gasteiger partial charge is 0.251 e. The van der Waals surface area contributed by atoms with Crippen LogP contribution in [0.1, 0.15) is 60.7 Å². The van der Waals surface area contributed by atoms with E-state index >= 15 is 0 Å². The summed E-state index contributed by atoms with van der Waals surface area (Å²) in [5, 5.41) is 44.7. The maximum atomic E-state index is 13.2. The maximum absolute atomic E-state index is 13.2. The van der Waals surface area contributed by atoms with E-state index in [2.05, 4.69) is 5.32 Å². The second-order valence-corrected chi connectivity index (χ2v) is 10.1. The molecule has 2 amide bonds. The van der Waals surface area contributed by atoms with Crippen LogP contribution in [-0.4, -0.2) is 80.5 Å². The molecule has 37 heavy (non-hydrogen) atoms. The van der Waals surface area contributed by atoms with E-state index in [1.807, 2.05) is 25.0 Å². The van der Waals surface area contributed by atoms with Crippen molar-refractivity contribution in [3.8, 4) is 5.75 Å². The number of nitrogens with one attached hydrogen (secondary N) is 1. The second-order valence-electron chi connectivity index (χ2n) is 9.13. The summed E-state index contributed by atoms with van der Waals surface area (Å²) in [6.45, 7) is 5.41. The molecule has 0 heterocycles. The molecule has 5 N–H and O–H groups in total. The number of phenols is 1. The van der Waals surface area contributed by atoms with E-state index in [4.69, 9.17) is 0 Å². The number of thioether (sulfide) groups is 1. The number of nitrogens with zero attached hydrogens (tertiary/aromatic N) is 1. The van der Waals surface area contributed by atoms with Crippen molar-refractivity contribution < 1.29 is 30.0 Å². The van der Waals surface area contributed by atoms with Crippen molar-refractivity contribution in [2.24, 2.45) is 0 Å². The van der Waals surface area contributed by atoms with Crippen molar-refractivity contribution in [1.29, 1.82) is 0 Å². The lowest BCUT2D eigenvalue weighted by Gasteiger charge is -2.31. The Hall–Kier alpha value is -2.59. The average molecular weight is 533 g/mol. The minimum absolute atomic E-state index is 0.00535. The molecule has 2 aromatic carbocycles. The molecule has 2 rings (SSSR count). The standard InChI is InChI=1S/C28H40N2O6S/c1-4-14-30(15-5-2)24(33)18-19-7-6-8-21(17-19)28(36)29-25(27(35)23(32)13-16-37-3)26(34)20-9-11-22(31)12-10-20/h6-12,17,23,25-27,31-32,34-35H,4-5,13-16,18H2,1-3H3,(H,29,36). The summed E-state index contributed by atoms with van der Waals surface area (Å²) >= 11 is 1.51. The summed E-state index contributed by atoms with van der Waals surface area (Å²) in [5.74, 6) is 0.0542. The summed E-state index contributed by atoms with van der Waals surface area (Å²) in [7, 11) is 0. The summed E-state index contributed by atoms with van der Waals surface area (Å²) in [6, 6.07) is 11.3. The fraction of sp³-hybridized carbons (Fsp3) is 0.500. The van der Waals surface area contributed by atoms with Gasteiger partial charge in [-0.1, -0.05) is 38.1 Å². The molecule has 4 unspecified atom stereocenters. The van der Waals surface area contributed by atoms with Crippen LogP contribution >= 0.6 is 11.8 Å². The number of hydrogen-bond acceptors (Lipinski definition) is 7. The van der Waals surface area contributed by atoms with Gasteiger partial charge in [0.05, 0.1) is 18.6 Å². The monoisotopic (exact) mass is 532 g/mol. The highest BCUT2D eigenvalue weighted by Gasteiger charge is 2.34. The number of rotatable bonds is 15. The van der Waals surface area contributed by atoms with Crippen LogP contribution in [0.15, 0.2) is 48.5 Å². The molecule has 204 valence electrons. The third-order valence-electron chi connectivity index (χ3n) is 6.14. The van der Waals surface area contributed by atoms with Gasteiger partial charge in [0.15, 0.2) is 0 Å². The number of phenolic OH excluding ortho intramolecular Hbond substituents is 1. The number of amides is 2. The number of carbonyl (C=O) groups is 2. The van der Waals surface area contributed by atoms with Crippen LogP contribution in [0.5, 0.6) is 5.75 Å². The van der Waals surface area contributed by atoms with Gasteiger partial charge in [0.25, 0.3) is 5.91 Å². The van der Waals surface area contributed by atoms with E-state index in [-0.39, 0.29) is 30.1 Å². The number of aromatic hydroxyl groups is 1. The van der Waals surface area contributed by atoms with Gasteiger partial charge in [-0.15, -0.1) is 0 Å². The van der Waals surface area contributed by atoms with Crippen molar-refractivity contribution in [3.63, 3.8) is 0 Å². The average Bonchev–Trinajstić information content (AvgIpc) is 2.89. The van der Waals surface area contributed by atoms with E-state index in [1.54, 1.807) is 24.3 Å². The number of aliphatic hydroxyl groups excluding tert-OH is 3. The van der Waals surface area contributed by atoms with Crippen molar-refractivity contribution >= 4 is 23.6 Å². The minimum Gasteiger partial charge on any atom is -0.508 e. The highest BCUT2D eigenvalue weighted by molar-refractivity contribution is 7.98. The van der Waals surface area contributed by atoms with E-state index in [0.717, 1.165) is 12.8 Å². The fourth-order valence-electron chi connectivity index (χ4n) is 4.12. The molecule has 4 atom stereocenters. The van der Waals surface area contributed by atoms with Crippen molar-refractivity contribution in [2.75, 3.05) is 25.1 Å². The first kappa shape index (κ1) is 30.6. The number of hydrogen-bond donors (Lipinski definition) is 5. The first-order valence-corrected chi connectivity index (χ1v) is 14.1. The first-order chi connectivity index (χ1) is 17.7. The lowest BCUT2D eigenvalue weighted by molar-refractivity contribution is -0.130. The van der Waals surface area contributed by atoms with Crippen LogP contribution < -0.4 is 5.32 Å².